The fourth-order valence-corrected chi connectivity index (χ4v) is 1.82. The van der Waals surface area contributed by atoms with E-state index in [1.807, 2.05) is 18.2 Å². The Balaban J connectivity index is 1.92. The van der Waals surface area contributed by atoms with Crippen LogP contribution < -0.4 is 20.1 Å². The van der Waals surface area contributed by atoms with E-state index in [-0.39, 0.29) is 12.6 Å². The summed E-state index contributed by atoms with van der Waals surface area (Å²) in [7, 11) is 1.60. The predicted molar refractivity (Wildman–Crippen MR) is 88.2 cm³/mol. The summed E-state index contributed by atoms with van der Waals surface area (Å²) in [5.41, 5.74) is 0.631. The Labute approximate surface area is 135 Å². The number of ether oxygens (including phenoxy) is 2. The predicted octanol–water partition coefficient (Wildman–Crippen LogP) is 2.99. The van der Waals surface area contributed by atoms with Gasteiger partial charge in [-0.2, -0.15) is 0 Å². The number of hydrogen-bond donors (Lipinski definition) is 3. The number of carbonyl (C=O) groups is 1. The molecule has 2 rings (SSSR count). The third kappa shape index (κ3) is 5.52. The molecule has 1 atom stereocenters. The Morgan fingerprint density at radius 2 is 1.83 bits per heavy atom. The highest BCUT2D eigenvalue weighted by Gasteiger charge is 2.04. The molecule has 2 aromatic rings. The molecule has 6 nitrogen and oxygen atoms in total. The smallest absolute Gasteiger partial charge is 0.319 e. The van der Waals surface area contributed by atoms with Gasteiger partial charge in [0, 0.05) is 18.3 Å². The number of rotatable bonds is 6. The van der Waals surface area contributed by atoms with Crippen LogP contribution in [-0.2, 0) is 0 Å². The van der Waals surface area contributed by atoms with E-state index in [9.17, 15) is 4.79 Å². The van der Waals surface area contributed by atoms with Crippen LogP contribution in [0.1, 0.15) is 6.92 Å². The summed E-state index contributed by atoms with van der Waals surface area (Å²) in [5.74, 6) is 2.03. The number of aliphatic hydroxyl groups excluding tert-OH is 1. The zero-order chi connectivity index (χ0) is 16.7. The van der Waals surface area contributed by atoms with E-state index in [0.29, 0.717) is 17.2 Å². The molecule has 6 heteroatoms. The number of carbonyl (C=O) groups excluding carboxylic acids is 1. The molecule has 0 unspecified atom stereocenters. The zero-order valence-corrected chi connectivity index (χ0v) is 13.1. The van der Waals surface area contributed by atoms with Crippen LogP contribution in [-0.4, -0.2) is 30.9 Å². The van der Waals surface area contributed by atoms with E-state index in [0.717, 1.165) is 5.75 Å². The molecule has 3 N–H and O–H groups in total. The van der Waals surface area contributed by atoms with Crippen LogP contribution >= 0.6 is 0 Å². The molecule has 2 aromatic carbocycles. The van der Waals surface area contributed by atoms with Crippen molar-refractivity contribution in [3.8, 4) is 17.2 Å². The molecule has 23 heavy (non-hydrogen) atoms. The van der Waals surface area contributed by atoms with Gasteiger partial charge in [0.15, 0.2) is 0 Å². The first-order chi connectivity index (χ1) is 11.1. The van der Waals surface area contributed by atoms with E-state index in [1.54, 1.807) is 44.4 Å². The number of anilines is 1. The van der Waals surface area contributed by atoms with Crippen LogP contribution in [0.4, 0.5) is 10.5 Å². The van der Waals surface area contributed by atoms with Crippen molar-refractivity contribution >= 4 is 11.7 Å². The van der Waals surface area contributed by atoms with Crippen molar-refractivity contribution in [3.05, 3.63) is 48.5 Å². The van der Waals surface area contributed by atoms with Crippen molar-refractivity contribution in [1.82, 2.24) is 5.32 Å². The third-order valence-electron chi connectivity index (χ3n) is 2.95. The third-order valence-corrected chi connectivity index (χ3v) is 2.95. The van der Waals surface area contributed by atoms with E-state index in [2.05, 4.69) is 10.6 Å². The maximum absolute atomic E-state index is 11.6. The molecular weight excluding hydrogens is 296 g/mol. The molecule has 0 saturated heterocycles. The lowest BCUT2D eigenvalue weighted by Gasteiger charge is -2.10. The molecule has 0 fully saturated rings. The lowest BCUT2D eigenvalue weighted by atomic mass is 10.3. The van der Waals surface area contributed by atoms with Crippen LogP contribution in [0.2, 0.25) is 0 Å². The molecule has 122 valence electrons. The summed E-state index contributed by atoms with van der Waals surface area (Å²) in [6.45, 7) is 1.80. The van der Waals surface area contributed by atoms with Gasteiger partial charge in [0.25, 0.3) is 0 Å². The fraction of sp³-hybridized carbons (Fsp3) is 0.235. The maximum Gasteiger partial charge on any atom is 0.319 e. The summed E-state index contributed by atoms with van der Waals surface area (Å²) in [6.07, 6.45) is -0.584. The number of nitrogens with one attached hydrogen (secondary N) is 2. The average molecular weight is 316 g/mol. The summed E-state index contributed by atoms with van der Waals surface area (Å²) in [5, 5.41) is 14.3. The maximum atomic E-state index is 11.6. The number of hydrogen-bond acceptors (Lipinski definition) is 4. The minimum absolute atomic E-state index is 0.197. The van der Waals surface area contributed by atoms with Crippen LogP contribution in [0.3, 0.4) is 0 Å². The van der Waals surface area contributed by atoms with Crippen LogP contribution in [0.15, 0.2) is 48.5 Å². The molecule has 0 aliphatic carbocycles. The van der Waals surface area contributed by atoms with Gasteiger partial charge in [-0.05, 0) is 43.3 Å². The Morgan fingerprint density at radius 3 is 2.48 bits per heavy atom. The van der Waals surface area contributed by atoms with Gasteiger partial charge in [0.1, 0.15) is 17.2 Å². The molecule has 0 saturated carbocycles. The first kappa shape index (κ1) is 16.6. The largest absolute Gasteiger partial charge is 0.497 e. The summed E-state index contributed by atoms with van der Waals surface area (Å²) in [6, 6.07) is 13.9. The van der Waals surface area contributed by atoms with Crippen molar-refractivity contribution in [2.75, 3.05) is 19.0 Å². The van der Waals surface area contributed by atoms with E-state index in [4.69, 9.17) is 14.6 Å². The van der Waals surface area contributed by atoms with Crippen LogP contribution in [0.25, 0.3) is 0 Å². The lowest BCUT2D eigenvalue weighted by molar-refractivity contribution is 0.190. The second-order valence-corrected chi connectivity index (χ2v) is 4.99. The van der Waals surface area contributed by atoms with Gasteiger partial charge in [-0.3, -0.25) is 0 Å². The van der Waals surface area contributed by atoms with Crippen molar-refractivity contribution in [2.24, 2.45) is 0 Å². The molecule has 0 aliphatic rings. The summed E-state index contributed by atoms with van der Waals surface area (Å²) >= 11 is 0. The van der Waals surface area contributed by atoms with Gasteiger partial charge in [-0.15, -0.1) is 0 Å². The van der Waals surface area contributed by atoms with E-state index < -0.39 is 6.10 Å². The van der Waals surface area contributed by atoms with Crippen molar-refractivity contribution in [2.45, 2.75) is 13.0 Å². The fourth-order valence-electron chi connectivity index (χ4n) is 1.82. The van der Waals surface area contributed by atoms with Crippen LogP contribution in [0.5, 0.6) is 17.2 Å². The molecular formula is C17H20N2O4. The minimum atomic E-state index is -0.584. The summed E-state index contributed by atoms with van der Waals surface area (Å²) < 4.78 is 10.9. The van der Waals surface area contributed by atoms with Gasteiger partial charge in [0.2, 0.25) is 0 Å². The average Bonchev–Trinajstić information content (AvgIpc) is 2.55. The summed E-state index contributed by atoms with van der Waals surface area (Å²) in [4.78, 5) is 11.6. The Bertz CT molecular complexity index is 641. The molecule has 0 aromatic heterocycles. The molecule has 0 heterocycles. The van der Waals surface area contributed by atoms with Gasteiger partial charge in [0.05, 0.1) is 13.2 Å². The first-order valence-corrected chi connectivity index (χ1v) is 7.21. The second kappa shape index (κ2) is 8.05. The van der Waals surface area contributed by atoms with Crippen LogP contribution in [0, 0.1) is 0 Å². The Hall–Kier alpha value is -2.73. The Kier molecular flexibility index (Phi) is 5.82. The SMILES string of the molecule is COc1cccc(Oc2ccc(NC(=O)NC[C@@H](C)O)cc2)c1. The van der Waals surface area contributed by atoms with Gasteiger partial charge < -0.3 is 25.2 Å². The first-order valence-electron chi connectivity index (χ1n) is 7.21. The Morgan fingerprint density at radius 1 is 1.13 bits per heavy atom. The highest BCUT2D eigenvalue weighted by molar-refractivity contribution is 5.89. The molecule has 0 bridgehead atoms. The number of amides is 2. The van der Waals surface area contributed by atoms with Crippen molar-refractivity contribution in [1.29, 1.82) is 0 Å². The molecule has 0 spiro atoms. The number of urea groups is 1. The highest BCUT2D eigenvalue weighted by Crippen LogP contribution is 2.26. The lowest BCUT2D eigenvalue weighted by Crippen LogP contribution is -2.34. The van der Waals surface area contributed by atoms with E-state index >= 15 is 0 Å². The highest BCUT2D eigenvalue weighted by atomic mass is 16.5. The minimum Gasteiger partial charge on any atom is -0.497 e. The van der Waals surface area contributed by atoms with Gasteiger partial charge in [-0.25, -0.2) is 4.79 Å². The monoisotopic (exact) mass is 316 g/mol. The van der Waals surface area contributed by atoms with Crippen molar-refractivity contribution < 1.29 is 19.4 Å². The van der Waals surface area contributed by atoms with Gasteiger partial charge >= 0.3 is 6.03 Å². The number of benzene rings is 2. The van der Waals surface area contributed by atoms with Gasteiger partial charge in [-0.1, -0.05) is 6.07 Å². The quantitative estimate of drug-likeness (QED) is 0.765. The van der Waals surface area contributed by atoms with E-state index in [1.165, 1.54) is 0 Å². The zero-order valence-electron chi connectivity index (χ0n) is 13.1. The molecule has 0 aliphatic heterocycles. The standard InChI is InChI=1S/C17H20N2O4/c1-12(20)11-18-17(21)19-13-6-8-14(9-7-13)23-16-5-3-4-15(10-16)22-2/h3-10,12,20H,11H2,1-2H3,(H2,18,19,21)/t12-/m1/s1. The molecule has 0 radical (unpaired) electrons. The van der Waals surface area contributed by atoms with Crippen molar-refractivity contribution in [3.63, 3.8) is 0 Å². The number of aliphatic hydroxyl groups is 1. The topological polar surface area (TPSA) is 79.8 Å². The normalized spacial score (nSPS) is 11.4. The number of methoxy groups -OCH3 is 1. The molecule has 2 amide bonds. The second-order valence-electron chi connectivity index (χ2n) is 4.99.